The largest absolute Gasteiger partial charge is 0.466 e. The molecule has 1 N–H and O–H groups in total. The van der Waals surface area contributed by atoms with Crippen molar-refractivity contribution >= 4 is 23.7 Å². The standard InChI is InChI=1S/C14H20N2O5/c1-2-21-11(18)6-5-10(17)9-16-12(19)14(15-13(16)20)7-3-4-8-14/h2-9H2,1H3,(H,15,20). The Bertz CT molecular complexity index is 468. The number of hydrogen-bond acceptors (Lipinski definition) is 5. The van der Waals surface area contributed by atoms with Gasteiger partial charge in [-0.15, -0.1) is 0 Å². The number of rotatable bonds is 6. The van der Waals surface area contributed by atoms with Gasteiger partial charge in [-0.1, -0.05) is 12.8 Å². The van der Waals surface area contributed by atoms with Crippen LogP contribution >= 0.6 is 0 Å². The molecular weight excluding hydrogens is 276 g/mol. The number of carbonyl (C=O) groups is 4. The number of esters is 1. The molecule has 0 aromatic heterocycles. The van der Waals surface area contributed by atoms with Gasteiger partial charge in [-0.2, -0.15) is 0 Å². The molecule has 0 aromatic carbocycles. The molecule has 1 saturated heterocycles. The molecule has 2 fully saturated rings. The fraction of sp³-hybridized carbons (Fsp3) is 0.714. The van der Waals surface area contributed by atoms with E-state index in [1.165, 1.54) is 0 Å². The average Bonchev–Trinajstić information content (AvgIpc) is 2.99. The maximum absolute atomic E-state index is 12.3. The first-order valence-electron chi connectivity index (χ1n) is 7.30. The van der Waals surface area contributed by atoms with Gasteiger partial charge in [-0.3, -0.25) is 19.3 Å². The third-order valence-electron chi connectivity index (χ3n) is 3.95. The molecule has 21 heavy (non-hydrogen) atoms. The molecule has 7 nitrogen and oxygen atoms in total. The monoisotopic (exact) mass is 296 g/mol. The molecule has 116 valence electrons. The number of amides is 3. The van der Waals surface area contributed by atoms with Crippen molar-refractivity contribution in [2.24, 2.45) is 0 Å². The Morgan fingerprint density at radius 2 is 1.90 bits per heavy atom. The van der Waals surface area contributed by atoms with Crippen molar-refractivity contribution in [3.63, 3.8) is 0 Å². The van der Waals surface area contributed by atoms with Gasteiger partial charge in [-0.05, 0) is 19.8 Å². The smallest absolute Gasteiger partial charge is 0.325 e. The van der Waals surface area contributed by atoms with Crippen LogP contribution in [-0.4, -0.2) is 47.3 Å². The van der Waals surface area contributed by atoms with Gasteiger partial charge in [0.2, 0.25) is 0 Å². The van der Waals surface area contributed by atoms with Gasteiger partial charge in [0, 0.05) is 6.42 Å². The van der Waals surface area contributed by atoms with Crippen LogP contribution in [0.4, 0.5) is 4.79 Å². The lowest BCUT2D eigenvalue weighted by Crippen LogP contribution is -2.44. The summed E-state index contributed by atoms with van der Waals surface area (Å²) in [5, 5.41) is 2.71. The van der Waals surface area contributed by atoms with Crippen molar-refractivity contribution in [3.8, 4) is 0 Å². The number of Topliss-reactive ketones (excluding diaryl/α,β-unsaturated/α-hetero) is 1. The van der Waals surface area contributed by atoms with Crippen LogP contribution in [0.5, 0.6) is 0 Å². The summed E-state index contributed by atoms with van der Waals surface area (Å²) in [5.41, 5.74) is -0.793. The van der Waals surface area contributed by atoms with E-state index >= 15 is 0 Å². The SMILES string of the molecule is CCOC(=O)CCC(=O)CN1C(=O)NC2(CCCC2)C1=O. The molecule has 0 bridgehead atoms. The summed E-state index contributed by atoms with van der Waals surface area (Å²) in [6, 6.07) is -0.508. The van der Waals surface area contributed by atoms with E-state index in [4.69, 9.17) is 4.74 Å². The van der Waals surface area contributed by atoms with E-state index in [2.05, 4.69) is 5.32 Å². The van der Waals surface area contributed by atoms with Gasteiger partial charge in [-0.25, -0.2) is 4.79 Å². The summed E-state index contributed by atoms with van der Waals surface area (Å²) >= 11 is 0. The second-order valence-electron chi connectivity index (χ2n) is 5.45. The zero-order chi connectivity index (χ0) is 15.5. The maximum Gasteiger partial charge on any atom is 0.325 e. The highest BCUT2D eigenvalue weighted by Gasteiger charge is 2.52. The first kappa shape index (κ1) is 15.5. The topological polar surface area (TPSA) is 92.8 Å². The van der Waals surface area contributed by atoms with Crippen molar-refractivity contribution in [2.45, 2.75) is 51.0 Å². The van der Waals surface area contributed by atoms with Crippen LogP contribution in [0.25, 0.3) is 0 Å². The Hall–Kier alpha value is -1.92. The molecule has 0 unspecified atom stereocenters. The minimum Gasteiger partial charge on any atom is -0.466 e. The summed E-state index contributed by atoms with van der Waals surface area (Å²) in [6.07, 6.45) is 3.01. The molecular formula is C14H20N2O5. The predicted octanol–water partition coefficient (Wildman–Crippen LogP) is 0.763. The number of imide groups is 1. The Balaban J connectivity index is 1.87. The number of nitrogens with zero attached hydrogens (tertiary/aromatic N) is 1. The van der Waals surface area contributed by atoms with Crippen molar-refractivity contribution < 1.29 is 23.9 Å². The number of ether oxygens (including phenoxy) is 1. The van der Waals surface area contributed by atoms with Crippen LogP contribution < -0.4 is 5.32 Å². The zero-order valence-corrected chi connectivity index (χ0v) is 12.1. The number of hydrogen-bond donors (Lipinski definition) is 1. The van der Waals surface area contributed by atoms with E-state index < -0.39 is 17.5 Å². The molecule has 0 aromatic rings. The molecule has 1 aliphatic heterocycles. The summed E-state index contributed by atoms with van der Waals surface area (Å²) in [4.78, 5) is 48.2. The number of ketones is 1. The van der Waals surface area contributed by atoms with Crippen molar-refractivity contribution in [1.82, 2.24) is 10.2 Å². The van der Waals surface area contributed by atoms with Crippen molar-refractivity contribution in [2.75, 3.05) is 13.2 Å². The van der Waals surface area contributed by atoms with Crippen LogP contribution in [0, 0.1) is 0 Å². The second-order valence-corrected chi connectivity index (χ2v) is 5.45. The van der Waals surface area contributed by atoms with Gasteiger partial charge >= 0.3 is 12.0 Å². The molecule has 2 aliphatic rings. The third kappa shape index (κ3) is 3.22. The highest BCUT2D eigenvalue weighted by molar-refractivity contribution is 6.09. The molecule has 1 heterocycles. The minimum absolute atomic E-state index is 0.0249. The van der Waals surface area contributed by atoms with Gasteiger partial charge < -0.3 is 10.1 Å². The quantitative estimate of drug-likeness (QED) is 0.577. The molecule has 3 amide bonds. The van der Waals surface area contributed by atoms with E-state index in [0.717, 1.165) is 17.7 Å². The maximum atomic E-state index is 12.3. The van der Waals surface area contributed by atoms with Gasteiger partial charge in [0.25, 0.3) is 5.91 Å². The van der Waals surface area contributed by atoms with Crippen LogP contribution in [0.1, 0.15) is 45.4 Å². The third-order valence-corrected chi connectivity index (χ3v) is 3.95. The summed E-state index contributed by atoms with van der Waals surface area (Å²) in [7, 11) is 0. The van der Waals surface area contributed by atoms with Gasteiger partial charge in [0.15, 0.2) is 5.78 Å². The molecule has 1 saturated carbocycles. The number of nitrogens with one attached hydrogen (secondary N) is 1. The van der Waals surface area contributed by atoms with Crippen LogP contribution in [0.2, 0.25) is 0 Å². The first-order chi connectivity index (χ1) is 9.98. The molecule has 0 radical (unpaired) electrons. The summed E-state index contributed by atoms with van der Waals surface area (Å²) in [6.45, 7) is 1.68. The lowest BCUT2D eigenvalue weighted by molar-refractivity contribution is -0.144. The molecule has 2 rings (SSSR count). The fourth-order valence-electron chi connectivity index (χ4n) is 2.87. The number of urea groups is 1. The Labute approximate surface area is 123 Å². The van der Waals surface area contributed by atoms with E-state index in [9.17, 15) is 19.2 Å². The molecule has 7 heteroatoms. The predicted molar refractivity (Wildman–Crippen MR) is 72.3 cm³/mol. The van der Waals surface area contributed by atoms with Crippen molar-refractivity contribution in [3.05, 3.63) is 0 Å². The minimum atomic E-state index is -0.793. The van der Waals surface area contributed by atoms with Crippen LogP contribution in [0.15, 0.2) is 0 Å². The Kier molecular flexibility index (Phi) is 4.59. The van der Waals surface area contributed by atoms with Crippen LogP contribution in [-0.2, 0) is 19.1 Å². The lowest BCUT2D eigenvalue weighted by Gasteiger charge is -2.19. The van der Waals surface area contributed by atoms with E-state index in [0.29, 0.717) is 12.8 Å². The van der Waals surface area contributed by atoms with Gasteiger partial charge in [0.1, 0.15) is 5.54 Å². The molecule has 1 aliphatic carbocycles. The molecule has 1 spiro atoms. The van der Waals surface area contributed by atoms with E-state index in [1.807, 2.05) is 0 Å². The second kappa shape index (κ2) is 6.24. The Morgan fingerprint density at radius 1 is 1.24 bits per heavy atom. The Morgan fingerprint density at radius 3 is 2.52 bits per heavy atom. The van der Waals surface area contributed by atoms with Crippen molar-refractivity contribution in [1.29, 1.82) is 0 Å². The highest BCUT2D eigenvalue weighted by Crippen LogP contribution is 2.34. The van der Waals surface area contributed by atoms with E-state index in [1.54, 1.807) is 6.92 Å². The highest BCUT2D eigenvalue weighted by atomic mass is 16.5. The molecule has 0 atom stereocenters. The first-order valence-corrected chi connectivity index (χ1v) is 7.30. The summed E-state index contributed by atoms with van der Waals surface area (Å²) in [5.74, 6) is -1.08. The lowest BCUT2D eigenvalue weighted by atomic mass is 9.98. The normalized spacial score (nSPS) is 20.0. The van der Waals surface area contributed by atoms with Gasteiger partial charge in [0.05, 0.1) is 19.6 Å². The van der Waals surface area contributed by atoms with E-state index in [-0.39, 0.29) is 37.7 Å². The zero-order valence-electron chi connectivity index (χ0n) is 12.1. The fourth-order valence-corrected chi connectivity index (χ4v) is 2.87. The number of carbonyl (C=O) groups excluding carboxylic acids is 4. The average molecular weight is 296 g/mol. The van der Waals surface area contributed by atoms with Crippen LogP contribution in [0.3, 0.4) is 0 Å². The summed E-state index contributed by atoms with van der Waals surface area (Å²) < 4.78 is 4.73.